The van der Waals surface area contributed by atoms with Crippen molar-refractivity contribution in [3.05, 3.63) is 62.6 Å². The predicted octanol–water partition coefficient (Wildman–Crippen LogP) is 3.84. The number of imide groups is 1. The normalized spacial score (nSPS) is 13.2. The molecule has 2 aromatic carbocycles. The van der Waals surface area contributed by atoms with Gasteiger partial charge in [-0.25, -0.2) is 0 Å². The number of hydrogen-bond donors (Lipinski definition) is 1. The molecule has 0 spiro atoms. The first-order valence-electron chi connectivity index (χ1n) is 7.50. The van der Waals surface area contributed by atoms with Crippen molar-refractivity contribution in [2.75, 3.05) is 11.9 Å². The molecular weight excluding hydrogens is 363 g/mol. The highest BCUT2D eigenvalue weighted by atomic mass is 35.5. The maximum absolute atomic E-state index is 12.4. The molecule has 1 aliphatic heterocycles. The van der Waals surface area contributed by atoms with Crippen LogP contribution in [0.2, 0.25) is 10.0 Å². The number of amides is 3. The quantitative estimate of drug-likeness (QED) is 0.827. The Morgan fingerprint density at radius 1 is 1.04 bits per heavy atom. The van der Waals surface area contributed by atoms with Gasteiger partial charge in [-0.05, 0) is 49.2 Å². The van der Waals surface area contributed by atoms with Crippen LogP contribution in [-0.4, -0.2) is 29.2 Å². The number of rotatable bonds is 3. The monoisotopic (exact) mass is 376 g/mol. The van der Waals surface area contributed by atoms with Gasteiger partial charge in [0.1, 0.15) is 6.54 Å². The van der Waals surface area contributed by atoms with Gasteiger partial charge in [0.05, 0.1) is 21.8 Å². The highest BCUT2D eigenvalue weighted by molar-refractivity contribution is 6.34. The van der Waals surface area contributed by atoms with Crippen LogP contribution in [0.25, 0.3) is 0 Å². The number of benzene rings is 2. The van der Waals surface area contributed by atoms with Crippen molar-refractivity contribution < 1.29 is 14.4 Å². The molecule has 1 heterocycles. The summed E-state index contributed by atoms with van der Waals surface area (Å²) in [4.78, 5) is 37.9. The summed E-state index contributed by atoms with van der Waals surface area (Å²) in [6.45, 7) is 3.32. The van der Waals surface area contributed by atoms with Gasteiger partial charge in [-0.1, -0.05) is 29.3 Å². The van der Waals surface area contributed by atoms with E-state index >= 15 is 0 Å². The Balaban J connectivity index is 1.79. The lowest BCUT2D eigenvalue weighted by Gasteiger charge is -2.15. The third kappa shape index (κ3) is 3.25. The van der Waals surface area contributed by atoms with Crippen LogP contribution in [0.1, 0.15) is 31.8 Å². The van der Waals surface area contributed by atoms with Gasteiger partial charge in [-0.2, -0.15) is 0 Å². The average Bonchev–Trinajstić information content (AvgIpc) is 2.75. The summed E-state index contributed by atoms with van der Waals surface area (Å²) in [6, 6.07) is 8.05. The second-order valence-electron chi connectivity index (χ2n) is 5.87. The first kappa shape index (κ1) is 17.5. The Morgan fingerprint density at radius 2 is 1.72 bits per heavy atom. The minimum atomic E-state index is -0.538. The third-order valence-corrected chi connectivity index (χ3v) is 4.46. The van der Waals surface area contributed by atoms with E-state index in [1.807, 2.05) is 19.9 Å². The molecule has 0 aromatic heterocycles. The number of hydrogen-bond acceptors (Lipinski definition) is 3. The summed E-state index contributed by atoms with van der Waals surface area (Å²) >= 11 is 12.0. The van der Waals surface area contributed by atoms with Crippen LogP contribution in [0.4, 0.5) is 5.69 Å². The van der Waals surface area contributed by atoms with Crippen molar-refractivity contribution in [3.8, 4) is 0 Å². The summed E-state index contributed by atoms with van der Waals surface area (Å²) in [5.74, 6) is -1.56. The van der Waals surface area contributed by atoms with Crippen molar-refractivity contribution in [2.45, 2.75) is 13.8 Å². The fourth-order valence-electron chi connectivity index (χ4n) is 2.80. The van der Waals surface area contributed by atoms with Gasteiger partial charge < -0.3 is 5.32 Å². The number of halogens is 2. The van der Waals surface area contributed by atoms with Gasteiger partial charge in [0.25, 0.3) is 11.8 Å². The largest absolute Gasteiger partial charge is 0.323 e. The van der Waals surface area contributed by atoms with Crippen LogP contribution in [-0.2, 0) is 4.79 Å². The van der Waals surface area contributed by atoms with Crippen LogP contribution in [0.5, 0.6) is 0 Å². The molecule has 7 heteroatoms. The van der Waals surface area contributed by atoms with Crippen molar-refractivity contribution in [1.82, 2.24) is 4.90 Å². The highest BCUT2D eigenvalue weighted by Crippen LogP contribution is 2.28. The minimum Gasteiger partial charge on any atom is -0.323 e. The molecule has 128 valence electrons. The summed E-state index contributed by atoms with van der Waals surface area (Å²) in [6.07, 6.45) is 0. The molecule has 0 radical (unpaired) electrons. The SMILES string of the molecule is Cc1cc(C)c(NC(=O)CN2C(=O)c3ccc(Cl)cc3C2=O)c(Cl)c1. The van der Waals surface area contributed by atoms with Crippen molar-refractivity contribution in [1.29, 1.82) is 0 Å². The van der Waals surface area contributed by atoms with Crippen molar-refractivity contribution in [3.63, 3.8) is 0 Å². The van der Waals surface area contributed by atoms with Gasteiger partial charge in [-0.3, -0.25) is 19.3 Å². The second kappa shape index (κ2) is 6.50. The standard InChI is InChI=1S/C18H14Cl2N2O3/c1-9-5-10(2)16(14(20)6-9)21-15(23)8-22-17(24)12-4-3-11(19)7-13(12)18(22)25/h3-7H,8H2,1-2H3,(H,21,23). The Morgan fingerprint density at radius 3 is 2.40 bits per heavy atom. The number of aryl methyl sites for hydroxylation is 2. The van der Waals surface area contributed by atoms with Gasteiger partial charge in [0, 0.05) is 5.02 Å². The lowest BCUT2D eigenvalue weighted by molar-refractivity contribution is -0.116. The van der Waals surface area contributed by atoms with E-state index < -0.39 is 24.3 Å². The lowest BCUT2D eigenvalue weighted by atomic mass is 10.1. The number of nitrogens with one attached hydrogen (secondary N) is 1. The summed E-state index contributed by atoms with van der Waals surface area (Å²) in [7, 11) is 0. The maximum Gasteiger partial charge on any atom is 0.262 e. The Labute approximate surface area is 154 Å². The fourth-order valence-corrected chi connectivity index (χ4v) is 3.34. The van der Waals surface area contributed by atoms with Gasteiger partial charge in [0.15, 0.2) is 0 Å². The Hall–Kier alpha value is -2.37. The predicted molar refractivity (Wildman–Crippen MR) is 96.4 cm³/mol. The molecule has 0 aliphatic carbocycles. The van der Waals surface area contributed by atoms with Crippen LogP contribution in [0.15, 0.2) is 30.3 Å². The number of carbonyl (C=O) groups is 3. The van der Waals surface area contributed by atoms with Gasteiger partial charge >= 0.3 is 0 Å². The molecule has 0 fully saturated rings. The zero-order valence-corrected chi connectivity index (χ0v) is 15.0. The zero-order chi connectivity index (χ0) is 18.3. The van der Waals surface area contributed by atoms with E-state index in [0.29, 0.717) is 15.7 Å². The van der Waals surface area contributed by atoms with E-state index in [2.05, 4.69) is 5.32 Å². The number of anilines is 1. The molecule has 0 unspecified atom stereocenters. The summed E-state index contributed by atoms with van der Waals surface area (Å²) in [5, 5.41) is 3.43. The van der Waals surface area contributed by atoms with Gasteiger partial charge in [-0.15, -0.1) is 0 Å². The zero-order valence-electron chi connectivity index (χ0n) is 13.5. The van der Waals surface area contributed by atoms with Crippen LogP contribution in [0.3, 0.4) is 0 Å². The second-order valence-corrected chi connectivity index (χ2v) is 6.72. The van der Waals surface area contributed by atoms with Crippen molar-refractivity contribution in [2.24, 2.45) is 0 Å². The molecular formula is C18H14Cl2N2O3. The fraction of sp³-hybridized carbons (Fsp3) is 0.167. The van der Waals surface area contributed by atoms with E-state index in [0.717, 1.165) is 16.0 Å². The molecule has 2 aromatic rings. The molecule has 5 nitrogen and oxygen atoms in total. The summed E-state index contributed by atoms with van der Waals surface area (Å²) in [5.41, 5.74) is 2.68. The minimum absolute atomic E-state index is 0.204. The van der Waals surface area contributed by atoms with E-state index in [1.165, 1.54) is 18.2 Å². The molecule has 0 bridgehead atoms. The molecule has 25 heavy (non-hydrogen) atoms. The number of carbonyl (C=O) groups excluding carboxylic acids is 3. The topological polar surface area (TPSA) is 66.5 Å². The molecule has 1 N–H and O–H groups in total. The highest BCUT2D eigenvalue weighted by Gasteiger charge is 2.36. The maximum atomic E-state index is 12.4. The Kier molecular flexibility index (Phi) is 4.54. The summed E-state index contributed by atoms with van der Waals surface area (Å²) < 4.78 is 0. The van der Waals surface area contributed by atoms with Crippen LogP contribution >= 0.6 is 23.2 Å². The van der Waals surface area contributed by atoms with Crippen LogP contribution < -0.4 is 5.32 Å². The van der Waals surface area contributed by atoms with Crippen molar-refractivity contribution >= 4 is 46.6 Å². The molecule has 0 saturated carbocycles. The van der Waals surface area contributed by atoms with E-state index in [-0.39, 0.29) is 11.1 Å². The smallest absolute Gasteiger partial charge is 0.262 e. The number of fused-ring (bicyclic) bond motifs is 1. The van der Waals surface area contributed by atoms with Crippen LogP contribution in [0, 0.1) is 13.8 Å². The first-order chi connectivity index (χ1) is 11.8. The lowest BCUT2D eigenvalue weighted by Crippen LogP contribution is -2.37. The average molecular weight is 377 g/mol. The molecule has 1 aliphatic rings. The molecule has 0 saturated heterocycles. The number of nitrogens with zero attached hydrogens (tertiary/aromatic N) is 1. The van der Waals surface area contributed by atoms with Gasteiger partial charge in [0.2, 0.25) is 5.91 Å². The Bertz CT molecular complexity index is 902. The first-order valence-corrected chi connectivity index (χ1v) is 8.26. The molecule has 3 amide bonds. The van der Waals surface area contributed by atoms with E-state index in [9.17, 15) is 14.4 Å². The molecule has 0 atom stereocenters. The van der Waals surface area contributed by atoms with E-state index in [4.69, 9.17) is 23.2 Å². The third-order valence-electron chi connectivity index (χ3n) is 3.93. The van der Waals surface area contributed by atoms with E-state index in [1.54, 1.807) is 6.07 Å². The molecule has 3 rings (SSSR count).